The van der Waals surface area contributed by atoms with Crippen LogP contribution in [0.15, 0.2) is 30.7 Å². The monoisotopic (exact) mass is 251 g/mol. The van der Waals surface area contributed by atoms with Gasteiger partial charge < -0.3 is 9.88 Å². The number of nitrogens with one attached hydrogen (secondary N) is 1. The summed E-state index contributed by atoms with van der Waals surface area (Å²) >= 11 is 0. The molecule has 2 rings (SSSR count). The van der Waals surface area contributed by atoms with E-state index in [1.165, 1.54) is 42.3 Å². The maximum absolute atomic E-state index is 13.5. The van der Waals surface area contributed by atoms with E-state index in [0.717, 1.165) is 0 Å². The lowest BCUT2D eigenvalue weighted by atomic mass is 10.2. The predicted octanol–water partition coefficient (Wildman–Crippen LogP) is 1.57. The number of imidazole rings is 1. The highest BCUT2D eigenvalue weighted by Gasteiger charge is 2.14. The number of hydrogen-bond acceptors (Lipinski definition) is 2. The number of hydrogen-bond donors (Lipinski definition) is 1. The third kappa shape index (κ3) is 2.22. The molecule has 1 N–H and O–H groups in total. The molecule has 1 heterocycles. The lowest BCUT2D eigenvalue weighted by molar-refractivity contribution is 0.0954. The molecular weight excluding hydrogens is 240 g/mol. The first-order valence-corrected chi connectivity index (χ1v) is 5.28. The minimum atomic E-state index is -0.647. The van der Waals surface area contributed by atoms with Crippen molar-refractivity contribution in [1.82, 2.24) is 14.9 Å². The van der Waals surface area contributed by atoms with Crippen LogP contribution in [0, 0.1) is 11.6 Å². The molecule has 0 saturated carbocycles. The van der Waals surface area contributed by atoms with Crippen molar-refractivity contribution in [2.24, 2.45) is 0 Å². The average Bonchev–Trinajstić information content (AvgIpc) is 2.81. The summed E-state index contributed by atoms with van der Waals surface area (Å²) in [7, 11) is 1.48. The molecule has 0 saturated heterocycles. The molecule has 0 atom stereocenters. The second-order valence-corrected chi connectivity index (χ2v) is 3.69. The number of benzene rings is 1. The molecular formula is C12H11F2N3O. The molecule has 0 radical (unpaired) electrons. The number of carbonyl (C=O) groups is 1. The Morgan fingerprint density at radius 3 is 2.67 bits per heavy atom. The Hall–Kier alpha value is -2.24. The van der Waals surface area contributed by atoms with Gasteiger partial charge in [0, 0.05) is 12.6 Å². The van der Waals surface area contributed by atoms with Gasteiger partial charge in [0.15, 0.2) is 0 Å². The first-order chi connectivity index (χ1) is 8.63. The van der Waals surface area contributed by atoms with E-state index in [1.54, 1.807) is 0 Å². The summed E-state index contributed by atoms with van der Waals surface area (Å²) in [6, 6.07) is 3.64. The summed E-state index contributed by atoms with van der Waals surface area (Å²) < 4.78 is 28.4. The zero-order chi connectivity index (χ0) is 13.1. The second-order valence-electron chi connectivity index (χ2n) is 3.69. The normalized spacial score (nSPS) is 10.4. The SMILES string of the molecule is CNC(=O)c1cncn1Cc1c(F)cccc1F. The van der Waals surface area contributed by atoms with Crippen molar-refractivity contribution in [3.63, 3.8) is 0 Å². The number of halogens is 2. The molecule has 1 aromatic heterocycles. The number of nitrogens with zero attached hydrogens (tertiary/aromatic N) is 2. The van der Waals surface area contributed by atoms with Crippen molar-refractivity contribution in [3.05, 3.63) is 53.6 Å². The molecule has 0 aliphatic rings. The third-order valence-corrected chi connectivity index (χ3v) is 2.56. The smallest absolute Gasteiger partial charge is 0.269 e. The number of rotatable bonds is 3. The summed E-state index contributed by atoms with van der Waals surface area (Å²) in [4.78, 5) is 15.3. The molecule has 4 nitrogen and oxygen atoms in total. The number of aromatic nitrogens is 2. The predicted molar refractivity (Wildman–Crippen MR) is 61.1 cm³/mol. The second kappa shape index (κ2) is 4.95. The van der Waals surface area contributed by atoms with Crippen LogP contribution in [0.5, 0.6) is 0 Å². The minimum Gasteiger partial charge on any atom is -0.354 e. The van der Waals surface area contributed by atoms with E-state index >= 15 is 0 Å². The van der Waals surface area contributed by atoms with Crippen molar-refractivity contribution < 1.29 is 13.6 Å². The fourth-order valence-electron chi connectivity index (χ4n) is 1.62. The molecule has 0 fully saturated rings. The van der Waals surface area contributed by atoms with Gasteiger partial charge >= 0.3 is 0 Å². The van der Waals surface area contributed by atoms with Crippen LogP contribution in [0.2, 0.25) is 0 Å². The number of amides is 1. The Balaban J connectivity index is 2.35. The molecule has 1 amide bonds. The van der Waals surface area contributed by atoms with Crippen molar-refractivity contribution in [2.75, 3.05) is 7.05 Å². The number of carbonyl (C=O) groups excluding carboxylic acids is 1. The van der Waals surface area contributed by atoms with E-state index in [4.69, 9.17) is 0 Å². The summed E-state index contributed by atoms with van der Waals surface area (Å²) in [6.07, 6.45) is 2.70. The highest BCUT2D eigenvalue weighted by atomic mass is 19.1. The molecule has 2 aromatic rings. The largest absolute Gasteiger partial charge is 0.354 e. The Kier molecular flexibility index (Phi) is 3.36. The van der Waals surface area contributed by atoms with Crippen LogP contribution in [0.4, 0.5) is 8.78 Å². The van der Waals surface area contributed by atoms with Crippen LogP contribution in [0.25, 0.3) is 0 Å². The van der Waals surface area contributed by atoms with Crippen LogP contribution in [0.3, 0.4) is 0 Å². The Bertz CT molecular complexity index is 560. The van der Waals surface area contributed by atoms with E-state index in [9.17, 15) is 13.6 Å². The van der Waals surface area contributed by atoms with E-state index in [-0.39, 0.29) is 23.7 Å². The highest BCUT2D eigenvalue weighted by Crippen LogP contribution is 2.14. The molecule has 0 unspecified atom stereocenters. The molecule has 0 bridgehead atoms. The molecule has 6 heteroatoms. The van der Waals surface area contributed by atoms with Crippen LogP contribution >= 0.6 is 0 Å². The summed E-state index contributed by atoms with van der Waals surface area (Å²) in [5.41, 5.74) is 0.154. The Morgan fingerprint density at radius 1 is 1.39 bits per heavy atom. The Morgan fingerprint density at radius 2 is 2.06 bits per heavy atom. The summed E-state index contributed by atoms with van der Waals surface area (Å²) in [5.74, 6) is -1.65. The maximum atomic E-state index is 13.5. The molecule has 1 aromatic carbocycles. The van der Waals surface area contributed by atoms with E-state index in [2.05, 4.69) is 10.3 Å². The fourth-order valence-corrected chi connectivity index (χ4v) is 1.62. The molecule has 0 aliphatic carbocycles. The first-order valence-electron chi connectivity index (χ1n) is 5.28. The van der Waals surface area contributed by atoms with Crippen molar-refractivity contribution in [1.29, 1.82) is 0 Å². The Labute approximate surface area is 102 Å². The molecule has 0 spiro atoms. The zero-order valence-corrected chi connectivity index (χ0v) is 9.65. The van der Waals surface area contributed by atoms with Gasteiger partial charge in [-0.15, -0.1) is 0 Å². The van der Waals surface area contributed by atoms with Gasteiger partial charge in [0.1, 0.15) is 17.3 Å². The van der Waals surface area contributed by atoms with Crippen LogP contribution in [-0.4, -0.2) is 22.5 Å². The quantitative estimate of drug-likeness (QED) is 0.900. The van der Waals surface area contributed by atoms with Gasteiger partial charge in [-0.2, -0.15) is 0 Å². The minimum absolute atomic E-state index is 0.0821. The summed E-state index contributed by atoms with van der Waals surface area (Å²) in [5, 5.41) is 2.44. The van der Waals surface area contributed by atoms with Gasteiger partial charge in [0.05, 0.1) is 19.1 Å². The summed E-state index contributed by atoms with van der Waals surface area (Å²) in [6.45, 7) is -0.0821. The lowest BCUT2D eigenvalue weighted by Gasteiger charge is -2.08. The van der Waals surface area contributed by atoms with Gasteiger partial charge in [-0.05, 0) is 12.1 Å². The zero-order valence-electron chi connectivity index (χ0n) is 9.65. The van der Waals surface area contributed by atoms with Crippen molar-refractivity contribution in [2.45, 2.75) is 6.54 Å². The van der Waals surface area contributed by atoms with Crippen LogP contribution in [-0.2, 0) is 6.54 Å². The van der Waals surface area contributed by atoms with Crippen molar-refractivity contribution in [3.8, 4) is 0 Å². The van der Waals surface area contributed by atoms with E-state index in [1.807, 2.05) is 0 Å². The van der Waals surface area contributed by atoms with Gasteiger partial charge in [0.2, 0.25) is 0 Å². The molecule has 0 aliphatic heterocycles. The molecule has 94 valence electrons. The topological polar surface area (TPSA) is 46.9 Å². The third-order valence-electron chi connectivity index (χ3n) is 2.56. The van der Waals surface area contributed by atoms with Crippen LogP contribution in [0.1, 0.15) is 16.1 Å². The van der Waals surface area contributed by atoms with Gasteiger partial charge in [-0.25, -0.2) is 13.8 Å². The average molecular weight is 251 g/mol. The van der Waals surface area contributed by atoms with E-state index in [0.29, 0.717) is 0 Å². The van der Waals surface area contributed by atoms with Gasteiger partial charge in [-0.3, -0.25) is 4.79 Å². The standard InChI is InChI=1S/C12H11F2N3O/c1-15-12(18)11-5-16-7-17(11)6-8-9(13)3-2-4-10(8)14/h2-5,7H,6H2,1H3,(H,15,18). The first kappa shape index (κ1) is 12.2. The molecule has 18 heavy (non-hydrogen) atoms. The van der Waals surface area contributed by atoms with Gasteiger partial charge in [0.25, 0.3) is 5.91 Å². The highest BCUT2D eigenvalue weighted by molar-refractivity contribution is 5.92. The lowest BCUT2D eigenvalue weighted by Crippen LogP contribution is -2.22. The van der Waals surface area contributed by atoms with Gasteiger partial charge in [-0.1, -0.05) is 6.07 Å². The van der Waals surface area contributed by atoms with E-state index < -0.39 is 11.6 Å². The maximum Gasteiger partial charge on any atom is 0.269 e. The van der Waals surface area contributed by atoms with Crippen molar-refractivity contribution >= 4 is 5.91 Å². The van der Waals surface area contributed by atoms with Crippen LogP contribution < -0.4 is 5.32 Å². The fraction of sp³-hybridized carbons (Fsp3) is 0.167.